The van der Waals surface area contributed by atoms with Crippen LogP contribution < -0.4 is 16.0 Å². The van der Waals surface area contributed by atoms with Crippen LogP contribution in [0.5, 0.6) is 5.75 Å². The summed E-state index contributed by atoms with van der Waals surface area (Å²) in [7, 11) is 0. The number of urea groups is 1. The van der Waals surface area contributed by atoms with Gasteiger partial charge in [-0.3, -0.25) is 9.59 Å². The molecular weight excluding hydrogens is 675 g/mol. The highest BCUT2D eigenvalue weighted by atomic mass is 35.5. The Hall–Kier alpha value is -3.48. The lowest BCUT2D eigenvalue weighted by Crippen LogP contribution is -2.23. The van der Waals surface area contributed by atoms with Crippen molar-refractivity contribution >= 4 is 58.2 Å². The summed E-state index contributed by atoms with van der Waals surface area (Å²) in [6.45, 7) is 6.70. The maximum absolute atomic E-state index is 13.0. The minimum Gasteiger partial charge on any atom is -0.506 e. The first-order chi connectivity index (χ1) is 24.1. The molecule has 2 atom stereocenters. The molecule has 0 saturated carbocycles. The van der Waals surface area contributed by atoms with Gasteiger partial charge in [-0.05, 0) is 56.4 Å². The van der Waals surface area contributed by atoms with Crippen molar-refractivity contribution < 1.29 is 24.2 Å². The number of halogens is 2. The molecule has 0 spiro atoms. The van der Waals surface area contributed by atoms with Crippen LogP contribution >= 0.6 is 23.2 Å². The smallest absolute Gasteiger partial charge is 0.323 e. The van der Waals surface area contributed by atoms with E-state index < -0.39 is 6.03 Å². The number of hydrogen-bond donors (Lipinski definition) is 4. The van der Waals surface area contributed by atoms with E-state index in [1.807, 2.05) is 13.0 Å². The number of nitriles is 1. The first kappa shape index (κ1) is 42.7. The van der Waals surface area contributed by atoms with Crippen LogP contribution in [0.25, 0.3) is 0 Å². The summed E-state index contributed by atoms with van der Waals surface area (Å²) in [5.74, 6) is -0.553. The quantitative estimate of drug-likeness (QED) is 0.0481. The Morgan fingerprint density at radius 2 is 1.32 bits per heavy atom. The van der Waals surface area contributed by atoms with E-state index in [1.54, 1.807) is 6.07 Å². The molecule has 2 rings (SSSR count). The molecule has 4 N–H and O–H groups in total. The minimum atomic E-state index is -0.656. The van der Waals surface area contributed by atoms with Gasteiger partial charge in [0, 0.05) is 17.7 Å². The van der Waals surface area contributed by atoms with Crippen LogP contribution in [0.3, 0.4) is 0 Å². The maximum Gasteiger partial charge on any atom is 0.323 e. The van der Waals surface area contributed by atoms with Crippen LogP contribution in [0.4, 0.5) is 21.9 Å². The van der Waals surface area contributed by atoms with Gasteiger partial charge in [0.2, 0.25) is 5.91 Å². The topological polar surface area (TPSA) is 141 Å². The number of phenolic OH excluding ortho intramolecular Hbond substituents is 1. The summed E-state index contributed by atoms with van der Waals surface area (Å²) in [6, 6.07) is 8.45. The third kappa shape index (κ3) is 16.0. The lowest BCUT2D eigenvalue weighted by molar-refractivity contribution is -0.149. The number of amides is 3. The molecule has 9 nitrogen and oxygen atoms in total. The largest absolute Gasteiger partial charge is 0.506 e. The molecule has 0 fully saturated rings. The Kier molecular flexibility index (Phi) is 21.0. The van der Waals surface area contributed by atoms with Gasteiger partial charge in [-0.2, -0.15) is 5.26 Å². The van der Waals surface area contributed by atoms with Crippen LogP contribution in [0.2, 0.25) is 10.0 Å². The fraction of sp³-hybridized carbons (Fsp3) is 0.590. The van der Waals surface area contributed by atoms with E-state index in [0.29, 0.717) is 18.7 Å². The first-order valence-electron chi connectivity index (χ1n) is 18.4. The molecule has 0 saturated heterocycles. The molecule has 0 bridgehead atoms. The summed E-state index contributed by atoms with van der Waals surface area (Å²) in [6.07, 6.45) is 18.1. The number of unbranched alkanes of at least 4 members (excludes halogenated alkanes) is 11. The highest BCUT2D eigenvalue weighted by molar-refractivity contribution is 6.34. The SMILES string of the molecule is CCCCOC(=O)C(CC)CCCCCCCCCCCCCC(CC)C(=O)Nc1cc(O)c(NC(=O)Nc2ccc(Cl)c(C#N)c2)cc1Cl. The van der Waals surface area contributed by atoms with E-state index in [-0.39, 0.29) is 56.4 Å². The molecule has 3 amide bonds. The van der Waals surface area contributed by atoms with E-state index in [0.717, 1.165) is 57.8 Å². The predicted octanol–water partition coefficient (Wildman–Crippen LogP) is 11.6. The average Bonchev–Trinajstić information content (AvgIpc) is 3.09. The molecule has 0 aromatic heterocycles. The van der Waals surface area contributed by atoms with Gasteiger partial charge < -0.3 is 25.8 Å². The number of carbonyl (C=O) groups is 3. The van der Waals surface area contributed by atoms with Gasteiger partial charge >= 0.3 is 12.0 Å². The molecule has 276 valence electrons. The molecule has 50 heavy (non-hydrogen) atoms. The van der Waals surface area contributed by atoms with Crippen molar-refractivity contribution in [3.8, 4) is 11.8 Å². The van der Waals surface area contributed by atoms with E-state index in [4.69, 9.17) is 33.2 Å². The Labute approximate surface area is 308 Å². The van der Waals surface area contributed by atoms with Gasteiger partial charge in [-0.25, -0.2) is 4.79 Å². The van der Waals surface area contributed by atoms with Crippen molar-refractivity contribution in [1.82, 2.24) is 0 Å². The highest BCUT2D eigenvalue weighted by Gasteiger charge is 2.20. The number of nitrogens with zero attached hydrogens (tertiary/aromatic N) is 1. The summed E-state index contributed by atoms with van der Waals surface area (Å²) in [4.78, 5) is 37.7. The van der Waals surface area contributed by atoms with Gasteiger partial charge in [0.05, 0.1) is 39.5 Å². The van der Waals surface area contributed by atoms with Gasteiger partial charge in [0.1, 0.15) is 11.8 Å². The van der Waals surface area contributed by atoms with Crippen LogP contribution in [-0.2, 0) is 14.3 Å². The molecule has 0 aliphatic rings. The van der Waals surface area contributed by atoms with Crippen molar-refractivity contribution in [2.75, 3.05) is 22.6 Å². The summed E-state index contributed by atoms with van der Waals surface area (Å²) in [5.41, 5.74) is 0.891. The second-order valence-electron chi connectivity index (χ2n) is 12.9. The molecule has 0 aliphatic carbocycles. The third-order valence-electron chi connectivity index (χ3n) is 8.97. The van der Waals surface area contributed by atoms with Crippen molar-refractivity contribution in [2.24, 2.45) is 11.8 Å². The zero-order valence-corrected chi connectivity index (χ0v) is 31.6. The zero-order chi connectivity index (χ0) is 36.7. The van der Waals surface area contributed by atoms with Crippen LogP contribution in [-0.4, -0.2) is 29.6 Å². The first-order valence-corrected chi connectivity index (χ1v) is 19.2. The number of carbonyl (C=O) groups excluding carboxylic acids is 3. The van der Waals surface area contributed by atoms with Gasteiger partial charge in [0.25, 0.3) is 0 Å². The van der Waals surface area contributed by atoms with Crippen molar-refractivity contribution in [3.63, 3.8) is 0 Å². The second-order valence-corrected chi connectivity index (χ2v) is 13.7. The molecule has 0 aliphatic heterocycles. The Morgan fingerprint density at radius 3 is 1.88 bits per heavy atom. The van der Waals surface area contributed by atoms with Gasteiger partial charge in [-0.15, -0.1) is 0 Å². The monoisotopic (exact) mass is 730 g/mol. The van der Waals surface area contributed by atoms with E-state index >= 15 is 0 Å². The summed E-state index contributed by atoms with van der Waals surface area (Å²) < 4.78 is 5.39. The highest BCUT2D eigenvalue weighted by Crippen LogP contribution is 2.34. The molecule has 2 unspecified atom stereocenters. The zero-order valence-electron chi connectivity index (χ0n) is 30.1. The number of hydrogen-bond acceptors (Lipinski definition) is 6. The standard InChI is InChI=1S/C39H56Cl2N4O5/c1-4-7-23-50-38(48)29(6-3)20-18-16-14-12-10-8-9-11-13-15-17-19-28(5-2)37(47)44-34-26-36(46)35(25-33(34)41)45-39(49)43-31-21-22-32(40)30(24-31)27-42/h21-22,24-26,28-29,46H,4-20,23H2,1-3H3,(H,44,47)(H2,43,45,49). The number of esters is 1. The number of ether oxygens (including phenoxy) is 1. The maximum atomic E-state index is 13.0. The minimum absolute atomic E-state index is 0.0181. The fourth-order valence-corrected chi connectivity index (χ4v) is 6.15. The molecule has 0 radical (unpaired) electrons. The second kappa shape index (κ2) is 24.6. The molecule has 11 heteroatoms. The van der Waals surface area contributed by atoms with E-state index in [2.05, 4.69) is 29.8 Å². The number of phenols is 1. The Balaban J connectivity index is 1.61. The molecule has 2 aromatic carbocycles. The molecule has 0 heterocycles. The van der Waals surface area contributed by atoms with Gasteiger partial charge in [0.15, 0.2) is 0 Å². The van der Waals surface area contributed by atoms with Crippen LogP contribution in [0, 0.1) is 23.2 Å². The number of anilines is 3. The summed E-state index contributed by atoms with van der Waals surface area (Å²) >= 11 is 12.3. The predicted molar refractivity (Wildman–Crippen MR) is 204 cm³/mol. The number of benzene rings is 2. The van der Waals surface area contributed by atoms with Gasteiger partial charge in [-0.1, -0.05) is 121 Å². The lowest BCUT2D eigenvalue weighted by atomic mass is 9.96. The normalized spacial score (nSPS) is 12.1. The lowest BCUT2D eigenvalue weighted by Gasteiger charge is -2.17. The summed E-state index contributed by atoms with van der Waals surface area (Å²) in [5, 5.41) is 28.0. The Morgan fingerprint density at radius 1 is 0.740 bits per heavy atom. The van der Waals surface area contributed by atoms with E-state index in [1.165, 1.54) is 69.2 Å². The fourth-order valence-electron chi connectivity index (χ4n) is 5.78. The molecular formula is C39H56Cl2N4O5. The van der Waals surface area contributed by atoms with Crippen LogP contribution in [0.1, 0.15) is 135 Å². The Bertz CT molecular complexity index is 1400. The third-order valence-corrected chi connectivity index (χ3v) is 9.62. The number of rotatable bonds is 24. The van der Waals surface area contributed by atoms with Crippen LogP contribution in [0.15, 0.2) is 30.3 Å². The van der Waals surface area contributed by atoms with Crippen molar-refractivity contribution in [3.05, 3.63) is 45.9 Å². The molecule has 2 aromatic rings. The van der Waals surface area contributed by atoms with Crippen molar-refractivity contribution in [1.29, 1.82) is 5.26 Å². The van der Waals surface area contributed by atoms with E-state index in [9.17, 15) is 19.5 Å². The average molecular weight is 732 g/mol. The van der Waals surface area contributed by atoms with Crippen molar-refractivity contribution in [2.45, 2.75) is 130 Å². The number of aromatic hydroxyl groups is 1. The number of nitrogens with one attached hydrogen (secondary N) is 3.